The SMILES string of the molecule is O=[N+]([O-])c1ccccc1N=c1scc(-c2ccc(-c3ccccc3)cc2)n1N=Cc1ccsc1. The van der Waals surface area contributed by atoms with Gasteiger partial charge in [0.1, 0.15) is 5.69 Å². The number of rotatable bonds is 6. The van der Waals surface area contributed by atoms with E-state index in [1.54, 1.807) is 40.4 Å². The number of thiophene rings is 1. The molecule has 0 atom stereocenters. The molecule has 0 fully saturated rings. The molecule has 0 radical (unpaired) electrons. The summed E-state index contributed by atoms with van der Waals surface area (Å²) >= 11 is 2.98. The van der Waals surface area contributed by atoms with Crippen molar-refractivity contribution in [1.82, 2.24) is 4.68 Å². The van der Waals surface area contributed by atoms with Crippen LogP contribution in [-0.4, -0.2) is 15.8 Å². The summed E-state index contributed by atoms with van der Waals surface area (Å²) in [7, 11) is 0. The van der Waals surface area contributed by atoms with Gasteiger partial charge in [-0.3, -0.25) is 10.1 Å². The Hall–Kier alpha value is -4.14. The van der Waals surface area contributed by atoms with E-state index in [1.807, 2.05) is 40.4 Å². The van der Waals surface area contributed by atoms with Crippen LogP contribution in [0.4, 0.5) is 11.4 Å². The number of nitro groups is 1. The van der Waals surface area contributed by atoms with Gasteiger partial charge in [0, 0.05) is 22.6 Å². The lowest BCUT2D eigenvalue weighted by Crippen LogP contribution is -2.11. The highest BCUT2D eigenvalue weighted by Gasteiger charge is 2.13. The number of thiazole rings is 1. The zero-order chi connectivity index (χ0) is 23.3. The third-order valence-corrected chi connectivity index (χ3v) is 6.65. The number of nitro benzene ring substituents is 1. The second-order valence-corrected chi connectivity index (χ2v) is 8.93. The Morgan fingerprint density at radius 2 is 1.53 bits per heavy atom. The predicted octanol–water partition coefficient (Wildman–Crippen LogP) is 6.97. The molecule has 0 aliphatic carbocycles. The van der Waals surface area contributed by atoms with E-state index in [0.717, 1.165) is 27.9 Å². The van der Waals surface area contributed by atoms with Crippen LogP contribution in [0.2, 0.25) is 0 Å². The van der Waals surface area contributed by atoms with Crippen LogP contribution >= 0.6 is 22.7 Å². The molecule has 0 spiro atoms. The normalized spacial score (nSPS) is 11.8. The van der Waals surface area contributed by atoms with Crippen LogP contribution in [0.25, 0.3) is 22.4 Å². The minimum atomic E-state index is -0.422. The highest BCUT2D eigenvalue weighted by atomic mass is 32.1. The third-order valence-electron chi connectivity index (χ3n) is 5.13. The van der Waals surface area contributed by atoms with Crippen molar-refractivity contribution in [3.05, 3.63) is 122 Å². The summed E-state index contributed by atoms with van der Waals surface area (Å²) < 4.78 is 1.73. The minimum Gasteiger partial charge on any atom is -0.258 e. The monoisotopic (exact) mass is 482 g/mol. The Balaban J connectivity index is 1.61. The lowest BCUT2D eigenvalue weighted by Gasteiger charge is -2.06. The number of hydrogen-bond donors (Lipinski definition) is 0. The van der Waals surface area contributed by atoms with Crippen molar-refractivity contribution in [2.75, 3.05) is 0 Å². The van der Waals surface area contributed by atoms with Crippen LogP contribution in [0, 0.1) is 10.1 Å². The summed E-state index contributed by atoms with van der Waals surface area (Å²) in [6.07, 6.45) is 1.77. The molecule has 34 heavy (non-hydrogen) atoms. The van der Waals surface area contributed by atoms with Crippen LogP contribution < -0.4 is 4.80 Å². The van der Waals surface area contributed by atoms with Crippen molar-refractivity contribution in [2.24, 2.45) is 10.1 Å². The summed E-state index contributed by atoms with van der Waals surface area (Å²) in [6, 6.07) is 26.9. The van der Waals surface area contributed by atoms with Gasteiger partial charge in [0.15, 0.2) is 0 Å². The maximum atomic E-state index is 11.5. The van der Waals surface area contributed by atoms with Crippen LogP contribution in [0.15, 0.2) is 111 Å². The molecule has 5 rings (SSSR count). The van der Waals surface area contributed by atoms with Gasteiger partial charge in [0.05, 0.1) is 16.8 Å². The van der Waals surface area contributed by atoms with Crippen LogP contribution in [0.5, 0.6) is 0 Å². The predicted molar refractivity (Wildman–Crippen MR) is 139 cm³/mol. The fraction of sp³-hybridized carbons (Fsp3) is 0. The molecule has 8 heteroatoms. The molecule has 0 aliphatic heterocycles. The van der Waals surface area contributed by atoms with Gasteiger partial charge < -0.3 is 0 Å². The van der Waals surface area contributed by atoms with Crippen molar-refractivity contribution < 1.29 is 4.92 Å². The minimum absolute atomic E-state index is 0.0435. The van der Waals surface area contributed by atoms with Gasteiger partial charge in [-0.2, -0.15) is 16.4 Å². The molecule has 5 aromatic rings. The summed E-state index contributed by atoms with van der Waals surface area (Å²) in [6.45, 7) is 0. The molecule has 0 N–H and O–H groups in total. The van der Waals surface area contributed by atoms with Gasteiger partial charge in [0.2, 0.25) is 4.80 Å². The first kappa shape index (κ1) is 21.7. The molecule has 3 aromatic carbocycles. The van der Waals surface area contributed by atoms with Crippen molar-refractivity contribution in [3.63, 3.8) is 0 Å². The summed E-state index contributed by atoms with van der Waals surface area (Å²) in [4.78, 5) is 16.2. The number of para-hydroxylation sites is 2. The summed E-state index contributed by atoms with van der Waals surface area (Å²) in [5.41, 5.74) is 5.33. The molecule has 0 aliphatic rings. The highest BCUT2D eigenvalue weighted by molar-refractivity contribution is 7.08. The van der Waals surface area contributed by atoms with Gasteiger partial charge in [0.25, 0.3) is 5.69 Å². The molecular weight excluding hydrogens is 464 g/mol. The van der Waals surface area contributed by atoms with Crippen molar-refractivity contribution >= 4 is 40.3 Å². The van der Waals surface area contributed by atoms with Gasteiger partial charge in [-0.1, -0.05) is 66.7 Å². The maximum absolute atomic E-state index is 11.5. The quantitative estimate of drug-likeness (QED) is 0.149. The van der Waals surface area contributed by atoms with E-state index in [0.29, 0.717) is 10.5 Å². The van der Waals surface area contributed by atoms with E-state index in [-0.39, 0.29) is 5.69 Å². The lowest BCUT2D eigenvalue weighted by atomic mass is 10.0. The zero-order valence-corrected chi connectivity index (χ0v) is 19.4. The smallest absolute Gasteiger partial charge is 0.258 e. The Bertz CT molecular complexity index is 1520. The highest BCUT2D eigenvalue weighted by Crippen LogP contribution is 2.28. The molecular formula is C26H18N4O2S2. The Morgan fingerprint density at radius 3 is 2.26 bits per heavy atom. The topological polar surface area (TPSA) is 72.8 Å². The van der Waals surface area contributed by atoms with E-state index in [9.17, 15) is 10.1 Å². The van der Waals surface area contributed by atoms with Crippen LogP contribution in [0.1, 0.15) is 5.56 Å². The first-order chi connectivity index (χ1) is 16.7. The average molecular weight is 483 g/mol. The second-order valence-electron chi connectivity index (χ2n) is 7.32. The Morgan fingerprint density at radius 1 is 0.824 bits per heavy atom. The van der Waals surface area contributed by atoms with Gasteiger partial charge in [-0.05, 0) is 34.0 Å². The van der Waals surface area contributed by atoms with Crippen molar-refractivity contribution in [2.45, 2.75) is 0 Å². The fourth-order valence-electron chi connectivity index (χ4n) is 3.44. The van der Waals surface area contributed by atoms with E-state index in [4.69, 9.17) is 0 Å². The van der Waals surface area contributed by atoms with Crippen molar-refractivity contribution in [3.8, 4) is 22.4 Å². The maximum Gasteiger partial charge on any atom is 0.294 e. The summed E-state index contributed by atoms with van der Waals surface area (Å²) in [5.74, 6) is 0. The molecule has 2 aromatic heterocycles. The van der Waals surface area contributed by atoms with Gasteiger partial charge in [-0.25, -0.2) is 9.67 Å². The van der Waals surface area contributed by atoms with E-state index in [2.05, 4.69) is 46.5 Å². The Kier molecular flexibility index (Phi) is 6.24. The zero-order valence-electron chi connectivity index (χ0n) is 17.8. The standard InChI is InChI=1S/C26H18N4O2S2/c31-30(32)24-9-5-4-8-23(24)28-26-29(27-16-19-14-15-33-17-19)25(18-34-26)22-12-10-21(11-13-22)20-6-2-1-3-7-20/h1-18H. The number of aromatic nitrogens is 1. The molecule has 0 saturated heterocycles. The Labute approximate surface area is 203 Å². The fourth-order valence-corrected chi connectivity index (χ4v) is 4.90. The molecule has 2 heterocycles. The molecule has 0 amide bonds. The third kappa shape index (κ3) is 4.63. The van der Waals surface area contributed by atoms with Gasteiger partial charge in [-0.15, -0.1) is 11.3 Å². The first-order valence-electron chi connectivity index (χ1n) is 10.4. The largest absolute Gasteiger partial charge is 0.294 e. The van der Waals surface area contributed by atoms with Crippen LogP contribution in [0.3, 0.4) is 0 Å². The van der Waals surface area contributed by atoms with E-state index < -0.39 is 4.92 Å². The lowest BCUT2D eigenvalue weighted by molar-refractivity contribution is -0.384. The van der Waals surface area contributed by atoms with Crippen LogP contribution in [-0.2, 0) is 0 Å². The van der Waals surface area contributed by atoms with E-state index in [1.165, 1.54) is 17.4 Å². The molecule has 0 saturated carbocycles. The molecule has 0 unspecified atom stereocenters. The van der Waals surface area contributed by atoms with Gasteiger partial charge >= 0.3 is 0 Å². The molecule has 6 nitrogen and oxygen atoms in total. The van der Waals surface area contributed by atoms with Crippen molar-refractivity contribution in [1.29, 1.82) is 0 Å². The number of nitrogens with zero attached hydrogens (tertiary/aromatic N) is 4. The first-order valence-corrected chi connectivity index (χ1v) is 12.2. The summed E-state index contributed by atoms with van der Waals surface area (Å²) in [5, 5.41) is 22.1. The van der Waals surface area contributed by atoms with E-state index >= 15 is 0 Å². The average Bonchev–Trinajstić information content (AvgIpc) is 3.54. The molecule has 166 valence electrons. The number of benzene rings is 3. The number of hydrogen-bond acceptors (Lipinski definition) is 6. The molecule has 0 bridgehead atoms. The second kappa shape index (κ2) is 9.78.